The van der Waals surface area contributed by atoms with E-state index in [-0.39, 0.29) is 12.1 Å². The van der Waals surface area contributed by atoms with Gasteiger partial charge in [0.15, 0.2) is 0 Å². The molecule has 1 aliphatic rings. The number of nitrogens with one attached hydrogen (secondary N) is 2. The summed E-state index contributed by atoms with van der Waals surface area (Å²) in [6.45, 7) is 14.5. The average Bonchev–Trinajstić information content (AvgIpc) is 2.44. The third-order valence-electron chi connectivity index (χ3n) is 4.24. The largest absolute Gasteiger partial charge is 0.444 e. The topological polar surface area (TPSA) is 53.6 Å². The second-order valence-electron chi connectivity index (χ2n) is 7.60. The Morgan fingerprint density at radius 2 is 1.87 bits per heavy atom. The van der Waals surface area contributed by atoms with Crippen LogP contribution < -0.4 is 10.6 Å². The predicted molar refractivity (Wildman–Crippen MR) is 95.8 cm³/mol. The number of hydrogen-bond acceptors (Lipinski definition) is 4. The molecule has 5 nitrogen and oxygen atoms in total. The first-order chi connectivity index (χ1) is 10.8. The minimum Gasteiger partial charge on any atom is -0.444 e. The van der Waals surface area contributed by atoms with Crippen molar-refractivity contribution in [1.82, 2.24) is 15.5 Å². The van der Waals surface area contributed by atoms with E-state index in [0.717, 1.165) is 38.9 Å². The Morgan fingerprint density at radius 1 is 1.17 bits per heavy atom. The number of likely N-dealkylation sites (N-methyl/N-ethyl adjacent to an activating group) is 1. The van der Waals surface area contributed by atoms with Gasteiger partial charge in [-0.25, -0.2) is 4.79 Å². The van der Waals surface area contributed by atoms with Crippen LogP contribution in [0.2, 0.25) is 0 Å². The molecule has 0 heterocycles. The first-order valence-electron chi connectivity index (χ1n) is 9.29. The Hall–Kier alpha value is -0.810. The number of carbonyl (C=O) groups is 1. The van der Waals surface area contributed by atoms with Crippen LogP contribution in [-0.4, -0.2) is 54.9 Å². The van der Waals surface area contributed by atoms with Gasteiger partial charge in [0.2, 0.25) is 0 Å². The van der Waals surface area contributed by atoms with Crippen LogP contribution in [0.5, 0.6) is 0 Å². The van der Waals surface area contributed by atoms with Crippen LogP contribution in [0.25, 0.3) is 0 Å². The zero-order chi connectivity index (χ0) is 17.3. The molecular weight excluding hydrogens is 290 g/mol. The lowest BCUT2D eigenvalue weighted by Gasteiger charge is -2.32. The van der Waals surface area contributed by atoms with E-state index < -0.39 is 5.60 Å². The average molecular weight is 328 g/mol. The SMILES string of the molecule is CCCN(CC)CCNC1CCCC(NC(=O)OC(C)(C)C)C1. The summed E-state index contributed by atoms with van der Waals surface area (Å²) in [6, 6.07) is 0.734. The second kappa shape index (κ2) is 10.1. The van der Waals surface area contributed by atoms with Gasteiger partial charge in [0.25, 0.3) is 0 Å². The van der Waals surface area contributed by atoms with Crippen molar-refractivity contribution in [2.24, 2.45) is 0 Å². The van der Waals surface area contributed by atoms with E-state index in [2.05, 4.69) is 29.4 Å². The molecule has 0 aromatic rings. The van der Waals surface area contributed by atoms with Gasteiger partial charge in [0, 0.05) is 25.2 Å². The van der Waals surface area contributed by atoms with E-state index in [1.54, 1.807) is 0 Å². The predicted octanol–water partition coefficient (Wildman–Crippen LogP) is 3.14. The molecular formula is C18H37N3O2. The Balaban J connectivity index is 2.27. The lowest BCUT2D eigenvalue weighted by atomic mass is 9.91. The van der Waals surface area contributed by atoms with E-state index in [9.17, 15) is 4.79 Å². The van der Waals surface area contributed by atoms with Gasteiger partial charge in [0.05, 0.1) is 0 Å². The molecule has 2 N–H and O–H groups in total. The van der Waals surface area contributed by atoms with Gasteiger partial charge in [-0.2, -0.15) is 0 Å². The summed E-state index contributed by atoms with van der Waals surface area (Å²) in [5.74, 6) is 0. The highest BCUT2D eigenvalue weighted by molar-refractivity contribution is 5.68. The molecule has 1 amide bonds. The van der Waals surface area contributed by atoms with E-state index in [1.165, 1.54) is 19.4 Å². The molecule has 1 saturated carbocycles. The molecule has 0 aromatic heterocycles. The van der Waals surface area contributed by atoms with E-state index in [4.69, 9.17) is 4.74 Å². The third kappa shape index (κ3) is 9.16. The van der Waals surface area contributed by atoms with E-state index in [1.807, 2.05) is 20.8 Å². The van der Waals surface area contributed by atoms with Crippen molar-refractivity contribution in [2.75, 3.05) is 26.2 Å². The van der Waals surface area contributed by atoms with Gasteiger partial charge < -0.3 is 20.3 Å². The van der Waals surface area contributed by atoms with E-state index >= 15 is 0 Å². The number of rotatable bonds is 8. The van der Waals surface area contributed by atoms with Crippen molar-refractivity contribution >= 4 is 6.09 Å². The zero-order valence-corrected chi connectivity index (χ0v) is 15.8. The molecule has 1 aliphatic carbocycles. The lowest BCUT2D eigenvalue weighted by Crippen LogP contribution is -2.46. The molecule has 1 fully saturated rings. The maximum absolute atomic E-state index is 11.9. The van der Waals surface area contributed by atoms with Crippen LogP contribution in [0.15, 0.2) is 0 Å². The van der Waals surface area contributed by atoms with Crippen LogP contribution in [-0.2, 0) is 4.74 Å². The number of ether oxygens (including phenoxy) is 1. The van der Waals surface area contributed by atoms with Crippen molar-refractivity contribution in [3.05, 3.63) is 0 Å². The molecule has 0 bridgehead atoms. The highest BCUT2D eigenvalue weighted by atomic mass is 16.6. The molecule has 1 rings (SSSR count). The molecule has 0 saturated heterocycles. The molecule has 0 aromatic carbocycles. The van der Waals surface area contributed by atoms with Crippen LogP contribution >= 0.6 is 0 Å². The number of carbonyl (C=O) groups excluding carboxylic acids is 1. The Bertz CT molecular complexity index is 342. The summed E-state index contributed by atoms with van der Waals surface area (Å²) in [5, 5.41) is 6.69. The van der Waals surface area contributed by atoms with Crippen molar-refractivity contribution < 1.29 is 9.53 Å². The first-order valence-corrected chi connectivity index (χ1v) is 9.29. The molecule has 2 atom stereocenters. The molecule has 23 heavy (non-hydrogen) atoms. The summed E-state index contributed by atoms with van der Waals surface area (Å²) >= 11 is 0. The number of alkyl carbamates (subject to hydrolysis) is 1. The minimum absolute atomic E-state index is 0.231. The van der Waals surface area contributed by atoms with Crippen molar-refractivity contribution in [3.8, 4) is 0 Å². The van der Waals surface area contributed by atoms with Gasteiger partial charge in [-0.3, -0.25) is 0 Å². The van der Waals surface area contributed by atoms with Gasteiger partial charge in [-0.05, 0) is 66.0 Å². The van der Waals surface area contributed by atoms with Gasteiger partial charge in [0.1, 0.15) is 5.60 Å². The van der Waals surface area contributed by atoms with Crippen molar-refractivity contribution in [2.45, 2.75) is 84.4 Å². The fourth-order valence-corrected chi connectivity index (χ4v) is 3.15. The number of nitrogens with zero attached hydrogens (tertiary/aromatic N) is 1. The summed E-state index contributed by atoms with van der Waals surface area (Å²) in [6.07, 6.45) is 5.33. The maximum Gasteiger partial charge on any atom is 0.407 e. The summed E-state index contributed by atoms with van der Waals surface area (Å²) in [5.41, 5.74) is -0.431. The van der Waals surface area contributed by atoms with Crippen LogP contribution in [0.4, 0.5) is 4.79 Å². The quantitative estimate of drug-likeness (QED) is 0.719. The standard InChI is InChI=1S/C18H37N3O2/c1-6-12-21(7-2)13-11-19-15-9-8-10-16(14-15)20-17(22)23-18(3,4)5/h15-16,19H,6-14H2,1-5H3,(H,20,22). The minimum atomic E-state index is -0.431. The van der Waals surface area contributed by atoms with Crippen LogP contribution in [0, 0.1) is 0 Å². The highest BCUT2D eigenvalue weighted by Gasteiger charge is 2.25. The monoisotopic (exact) mass is 327 g/mol. The summed E-state index contributed by atoms with van der Waals surface area (Å²) < 4.78 is 5.35. The molecule has 2 unspecified atom stereocenters. The Kier molecular flexibility index (Phi) is 8.92. The van der Waals surface area contributed by atoms with Crippen LogP contribution in [0.1, 0.15) is 66.7 Å². The number of amides is 1. The summed E-state index contributed by atoms with van der Waals surface area (Å²) in [7, 11) is 0. The van der Waals surface area contributed by atoms with Gasteiger partial charge in [-0.15, -0.1) is 0 Å². The molecule has 136 valence electrons. The maximum atomic E-state index is 11.9. The lowest BCUT2D eigenvalue weighted by molar-refractivity contribution is 0.0488. The fraction of sp³-hybridized carbons (Fsp3) is 0.944. The normalized spacial score (nSPS) is 22.2. The molecule has 0 spiro atoms. The molecule has 5 heteroatoms. The first kappa shape index (κ1) is 20.2. The number of hydrogen-bond donors (Lipinski definition) is 2. The molecule has 0 radical (unpaired) electrons. The Morgan fingerprint density at radius 3 is 2.48 bits per heavy atom. The Labute approximate surface area is 142 Å². The highest BCUT2D eigenvalue weighted by Crippen LogP contribution is 2.19. The van der Waals surface area contributed by atoms with Crippen molar-refractivity contribution in [1.29, 1.82) is 0 Å². The second-order valence-corrected chi connectivity index (χ2v) is 7.60. The fourth-order valence-electron chi connectivity index (χ4n) is 3.15. The molecule has 0 aliphatic heterocycles. The van der Waals surface area contributed by atoms with Crippen molar-refractivity contribution in [3.63, 3.8) is 0 Å². The van der Waals surface area contributed by atoms with Gasteiger partial charge >= 0.3 is 6.09 Å². The summed E-state index contributed by atoms with van der Waals surface area (Å²) in [4.78, 5) is 14.4. The van der Waals surface area contributed by atoms with Gasteiger partial charge in [-0.1, -0.05) is 13.8 Å². The smallest absolute Gasteiger partial charge is 0.407 e. The zero-order valence-electron chi connectivity index (χ0n) is 15.8. The third-order valence-corrected chi connectivity index (χ3v) is 4.24. The van der Waals surface area contributed by atoms with E-state index in [0.29, 0.717) is 6.04 Å². The van der Waals surface area contributed by atoms with Crippen LogP contribution in [0.3, 0.4) is 0 Å².